The molecule has 0 saturated carbocycles. The summed E-state index contributed by atoms with van der Waals surface area (Å²) in [5.41, 5.74) is 6.28. The third-order valence-electron chi connectivity index (χ3n) is 1.75. The van der Waals surface area contributed by atoms with E-state index in [0.29, 0.717) is 5.95 Å². The number of nitrogen functional groups attached to an aromatic ring is 1. The van der Waals surface area contributed by atoms with Gasteiger partial charge < -0.3 is 11.1 Å². The molecule has 1 heterocycles. The maximum Gasteiger partial charge on any atom is 0.233 e. The molecule has 7 heteroatoms. The second kappa shape index (κ2) is 4.63. The Labute approximate surface area is 105 Å². The zero-order valence-electron chi connectivity index (χ0n) is 7.98. The molecule has 0 radical (unpaired) electrons. The molecule has 0 aliphatic heterocycles. The van der Waals surface area contributed by atoms with Crippen molar-refractivity contribution < 1.29 is 0 Å². The zero-order valence-corrected chi connectivity index (χ0v) is 10.3. The molecule has 5 nitrogen and oxygen atoms in total. The minimum atomic E-state index is 0.0575. The van der Waals surface area contributed by atoms with Crippen LogP contribution in [0, 0.1) is 0 Å². The highest BCUT2D eigenvalue weighted by atomic mass is 79.9. The highest BCUT2D eigenvalue weighted by Crippen LogP contribution is 2.24. The molecule has 0 bridgehead atoms. The van der Waals surface area contributed by atoms with E-state index < -0.39 is 0 Å². The van der Waals surface area contributed by atoms with Crippen LogP contribution in [0.2, 0.25) is 5.28 Å². The van der Waals surface area contributed by atoms with Crippen LogP contribution in [-0.4, -0.2) is 15.0 Å². The van der Waals surface area contributed by atoms with E-state index in [-0.39, 0.29) is 11.2 Å². The summed E-state index contributed by atoms with van der Waals surface area (Å²) in [5, 5.41) is 3.04. The van der Waals surface area contributed by atoms with Gasteiger partial charge in [-0.3, -0.25) is 0 Å². The van der Waals surface area contributed by atoms with Crippen LogP contribution in [0.4, 0.5) is 17.6 Å². The van der Waals surface area contributed by atoms with Crippen LogP contribution in [0.1, 0.15) is 0 Å². The number of rotatable bonds is 2. The molecule has 82 valence electrons. The second-order valence-corrected chi connectivity index (χ2v) is 4.08. The molecule has 2 rings (SSSR count). The number of hydrogen-bond donors (Lipinski definition) is 2. The van der Waals surface area contributed by atoms with Gasteiger partial charge in [0.25, 0.3) is 0 Å². The lowest BCUT2D eigenvalue weighted by molar-refractivity contribution is 1.07. The molecule has 0 amide bonds. The summed E-state index contributed by atoms with van der Waals surface area (Å²) in [6.07, 6.45) is 0. The summed E-state index contributed by atoms with van der Waals surface area (Å²) in [6.45, 7) is 0. The number of benzene rings is 1. The lowest BCUT2D eigenvalue weighted by Crippen LogP contribution is -2.03. The number of halogens is 2. The Kier molecular flexibility index (Phi) is 3.21. The van der Waals surface area contributed by atoms with Crippen molar-refractivity contribution in [2.24, 2.45) is 0 Å². The highest BCUT2D eigenvalue weighted by molar-refractivity contribution is 9.10. The maximum atomic E-state index is 5.66. The van der Waals surface area contributed by atoms with Crippen LogP contribution in [0.15, 0.2) is 28.7 Å². The topological polar surface area (TPSA) is 76.7 Å². The van der Waals surface area contributed by atoms with E-state index >= 15 is 0 Å². The van der Waals surface area contributed by atoms with Crippen molar-refractivity contribution in [1.82, 2.24) is 15.0 Å². The number of nitrogens with two attached hydrogens (primary N) is 1. The van der Waals surface area contributed by atoms with Crippen LogP contribution in [0.3, 0.4) is 0 Å². The Balaban J connectivity index is 2.30. The van der Waals surface area contributed by atoms with Crippen LogP contribution >= 0.6 is 27.5 Å². The molecule has 16 heavy (non-hydrogen) atoms. The third kappa shape index (κ3) is 2.59. The number of hydrogen-bond acceptors (Lipinski definition) is 5. The summed E-state index contributed by atoms with van der Waals surface area (Å²) >= 11 is 9.06. The largest absolute Gasteiger partial charge is 0.368 e. The molecule has 0 aliphatic rings. The van der Waals surface area contributed by atoms with E-state index in [2.05, 4.69) is 36.2 Å². The van der Waals surface area contributed by atoms with Gasteiger partial charge in [0.1, 0.15) is 0 Å². The monoisotopic (exact) mass is 299 g/mol. The summed E-state index contributed by atoms with van der Waals surface area (Å²) in [5.74, 6) is 0.388. The Morgan fingerprint density at radius 1 is 1.19 bits per heavy atom. The van der Waals surface area contributed by atoms with Crippen LogP contribution in [-0.2, 0) is 0 Å². The van der Waals surface area contributed by atoms with E-state index in [1.165, 1.54) is 0 Å². The van der Waals surface area contributed by atoms with Crippen molar-refractivity contribution in [1.29, 1.82) is 0 Å². The van der Waals surface area contributed by atoms with E-state index in [4.69, 9.17) is 17.3 Å². The Hall–Kier alpha value is -1.40. The molecule has 0 fully saturated rings. The van der Waals surface area contributed by atoms with Gasteiger partial charge in [0.05, 0.1) is 5.69 Å². The van der Waals surface area contributed by atoms with Gasteiger partial charge in [0.2, 0.25) is 17.2 Å². The SMILES string of the molecule is Nc1nc(Cl)nc(Nc2ccccc2Br)n1. The van der Waals surface area contributed by atoms with Crippen LogP contribution in [0.5, 0.6) is 0 Å². The molecule has 2 aromatic rings. The third-order valence-corrected chi connectivity index (χ3v) is 2.61. The van der Waals surface area contributed by atoms with Crippen LogP contribution in [0.25, 0.3) is 0 Å². The predicted octanol–water partition coefficient (Wildman–Crippen LogP) is 2.61. The summed E-state index contributed by atoms with van der Waals surface area (Å²) in [4.78, 5) is 11.5. The number of nitrogens with zero attached hydrogens (tertiary/aromatic N) is 3. The van der Waals surface area contributed by atoms with Crippen molar-refractivity contribution in [2.75, 3.05) is 11.1 Å². The minimum absolute atomic E-state index is 0.0575. The quantitative estimate of drug-likeness (QED) is 0.891. The van der Waals surface area contributed by atoms with Gasteiger partial charge in [-0.15, -0.1) is 0 Å². The first-order chi connectivity index (χ1) is 7.65. The van der Waals surface area contributed by atoms with Gasteiger partial charge in [-0.05, 0) is 39.7 Å². The molecule has 0 aliphatic carbocycles. The number of anilines is 3. The fourth-order valence-electron chi connectivity index (χ4n) is 1.10. The van der Waals surface area contributed by atoms with Gasteiger partial charge in [-0.25, -0.2) is 0 Å². The normalized spacial score (nSPS) is 10.1. The van der Waals surface area contributed by atoms with Crippen molar-refractivity contribution in [3.05, 3.63) is 34.0 Å². The first-order valence-electron chi connectivity index (χ1n) is 4.34. The number of aromatic nitrogens is 3. The van der Waals surface area contributed by atoms with Crippen molar-refractivity contribution >= 4 is 45.1 Å². The Bertz CT molecular complexity index is 499. The standard InChI is InChI=1S/C9H7BrClN5/c10-5-3-1-2-4-6(5)13-9-15-7(11)14-8(12)16-9/h1-4H,(H3,12,13,14,15,16). The van der Waals surface area contributed by atoms with E-state index in [0.717, 1.165) is 10.2 Å². The smallest absolute Gasteiger partial charge is 0.233 e. The average molecular weight is 301 g/mol. The molecule has 1 aromatic carbocycles. The molecule has 0 atom stereocenters. The van der Waals surface area contributed by atoms with Crippen molar-refractivity contribution in [3.8, 4) is 0 Å². The van der Waals surface area contributed by atoms with E-state index in [9.17, 15) is 0 Å². The number of para-hydroxylation sites is 1. The van der Waals surface area contributed by atoms with E-state index in [1.54, 1.807) is 0 Å². The summed E-state index contributed by atoms with van der Waals surface area (Å²) in [6, 6.07) is 7.57. The molecular weight excluding hydrogens is 293 g/mol. The van der Waals surface area contributed by atoms with Gasteiger partial charge in [-0.2, -0.15) is 15.0 Å². The second-order valence-electron chi connectivity index (χ2n) is 2.89. The van der Waals surface area contributed by atoms with Crippen molar-refractivity contribution in [3.63, 3.8) is 0 Å². The summed E-state index contributed by atoms with van der Waals surface area (Å²) < 4.78 is 0.894. The number of nitrogens with one attached hydrogen (secondary N) is 1. The van der Waals surface area contributed by atoms with E-state index in [1.807, 2.05) is 24.3 Å². The molecule has 1 aromatic heterocycles. The summed E-state index contributed by atoms with van der Waals surface area (Å²) in [7, 11) is 0. The molecule has 0 saturated heterocycles. The lowest BCUT2D eigenvalue weighted by Gasteiger charge is -2.06. The van der Waals surface area contributed by atoms with Gasteiger partial charge in [0.15, 0.2) is 0 Å². The van der Waals surface area contributed by atoms with Gasteiger partial charge in [-0.1, -0.05) is 12.1 Å². The average Bonchev–Trinajstić information content (AvgIpc) is 2.20. The van der Waals surface area contributed by atoms with Crippen LogP contribution < -0.4 is 11.1 Å². The fourth-order valence-corrected chi connectivity index (χ4v) is 1.65. The molecular formula is C9H7BrClN5. The van der Waals surface area contributed by atoms with Crippen molar-refractivity contribution in [2.45, 2.75) is 0 Å². The first kappa shape index (κ1) is 11.1. The first-order valence-corrected chi connectivity index (χ1v) is 5.51. The Morgan fingerprint density at radius 2 is 1.94 bits per heavy atom. The fraction of sp³-hybridized carbons (Fsp3) is 0. The molecule has 0 spiro atoms. The predicted molar refractivity (Wildman–Crippen MR) is 66.7 cm³/mol. The maximum absolute atomic E-state index is 5.66. The Morgan fingerprint density at radius 3 is 2.62 bits per heavy atom. The lowest BCUT2D eigenvalue weighted by atomic mass is 10.3. The molecule has 0 unspecified atom stereocenters. The zero-order chi connectivity index (χ0) is 11.5. The van der Waals surface area contributed by atoms with Gasteiger partial charge in [0, 0.05) is 4.47 Å². The minimum Gasteiger partial charge on any atom is -0.368 e. The van der Waals surface area contributed by atoms with Gasteiger partial charge >= 0.3 is 0 Å². The highest BCUT2D eigenvalue weighted by Gasteiger charge is 2.04. The molecule has 3 N–H and O–H groups in total.